The topological polar surface area (TPSA) is 208 Å². The molecule has 13 nitrogen and oxygen atoms in total. The maximum absolute atomic E-state index is 13.1. The smallest absolute Gasteiger partial charge is 0.326 e. The Morgan fingerprint density at radius 1 is 1.18 bits per heavy atom. The number of H-pyrrole nitrogens is 1. The van der Waals surface area contributed by atoms with Gasteiger partial charge in [-0.25, -0.2) is 9.78 Å². The molecule has 1 aromatic heterocycles. The highest BCUT2D eigenvalue weighted by molar-refractivity contribution is 5.96. The molecule has 13 heteroatoms. The molecule has 1 aliphatic heterocycles. The van der Waals surface area contributed by atoms with E-state index in [9.17, 15) is 29.1 Å². The number of carboxylic acids is 1. The van der Waals surface area contributed by atoms with Crippen LogP contribution in [-0.2, 0) is 30.4 Å². The molecule has 0 saturated carbocycles. The molecule has 0 spiro atoms. The minimum atomic E-state index is -1.42. The number of carboxylic acid groups (broad SMARTS) is 1. The summed E-state index contributed by atoms with van der Waals surface area (Å²) in [7, 11) is 0. The number of nitrogens with zero attached hydrogens (tertiary/aromatic N) is 1. The molecule has 2 rings (SSSR count). The van der Waals surface area contributed by atoms with Crippen LogP contribution in [0.25, 0.3) is 0 Å². The van der Waals surface area contributed by atoms with Crippen LogP contribution in [0.5, 0.6) is 0 Å². The third-order valence-electron chi connectivity index (χ3n) is 5.80. The van der Waals surface area contributed by atoms with Gasteiger partial charge in [0.1, 0.15) is 18.1 Å². The first-order valence-corrected chi connectivity index (χ1v) is 11.2. The Labute approximate surface area is 197 Å². The SMILES string of the molecule is CCC(C)C(NC(=O)C1CCCN1)C(=O)NC(CC(N)=O)C(=O)NC(Cc1cnc[nH]1)C(=O)O. The molecule has 0 aromatic carbocycles. The first kappa shape index (κ1) is 26.8. The molecule has 4 amide bonds. The first-order valence-electron chi connectivity index (χ1n) is 11.2. The van der Waals surface area contributed by atoms with Crippen molar-refractivity contribution in [3.63, 3.8) is 0 Å². The Bertz CT molecular complexity index is 869. The number of carbonyl (C=O) groups is 5. The lowest BCUT2D eigenvalue weighted by atomic mass is 9.97. The minimum Gasteiger partial charge on any atom is -0.480 e. The van der Waals surface area contributed by atoms with Crippen LogP contribution in [0.2, 0.25) is 0 Å². The normalized spacial score (nSPS) is 18.8. The average molecular weight is 480 g/mol. The summed E-state index contributed by atoms with van der Waals surface area (Å²) in [4.78, 5) is 68.2. The van der Waals surface area contributed by atoms with E-state index in [-0.39, 0.29) is 18.2 Å². The molecule has 1 fully saturated rings. The highest BCUT2D eigenvalue weighted by atomic mass is 16.4. The molecular weight excluding hydrogens is 446 g/mol. The van der Waals surface area contributed by atoms with Crippen LogP contribution in [0.3, 0.4) is 0 Å². The molecule has 5 unspecified atom stereocenters. The molecule has 2 heterocycles. The first-order chi connectivity index (χ1) is 16.1. The highest BCUT2D eigenvalue weighted by Crippen LogP contribution is 2.12. The number of nitrogens with one attached hydrogen (secondary N) is 5. The summed E-state index contributed by atoms with van der Waals surface area (Å²) in [6, 6.07) is -4.10. The van der Waals surface area contributed by atoms with Crippen molar-refractivity contribution >= 4 is 29.6 Å². The van der Waals surface area contributed by atoms with Crippen molar-refractivity contribution in [1.29, 1.82) is 0 Å². The van der Waals surface area contributed by atoms with E-state index < -0.39 is 54.3 Å². The largest absolute Gasteiger partial charge is 0.480 e. The van der Waals surface area contributed by atoms with E-state index in [4.69, 9.17) is 5.73 Å². The molecule has 34 heavy (non-hydrogen) atoms. The number of primary amides is 1. The van der Waals surface area contributed by atoms with Gasteiger partial charge in [0.25, 0.3) is 0 Å². The van der Waals surface area contributed by atoms with Gasteiger partial charge in [0, 0.05) is 18.3 Å². The van der Waals surface area contributed by atoms with E-state index in [1.165, 1.54) is 12.5 Å². The molecule has 5 atom stereocenters. The van der Waals surface area contributed by atoms with Crippen molar-refractivity contribution < 1.29 is 29.1 Å². The monoisotopic (exact) mass is 479 g/mol. The van der Waals surface area contributed by atoms with Crippen molar-refractivity contribution in [1.82, 2.24) is 31.2 Å². The van der Waals surface area contributed by atoms with Crippen LogP contribution in [0.1, 0.15) is 45.2 Å². The molecule has 0 aliphatic carbocycles. The summed E-state index contributed by atoms with van der Waals surface area (Å²) in [6.07, 6.45) is 4.23. The number of hydrogen-bond acceptors (Lipinski definition) is 7. The van der Waals surface area contributed by atoms with Gasteiger partial charge >= 0.3 is 5.97 Å². The summed E-state index contributed by atoms with van der Waals surface area (Å²) in [5, 5.41) is 20.1. The number of nitrogens with two attached hydrogens (primary N) is 1. The Kier molecular flexibility index (Phi) is 9.98. The maximum Gasteiger partial charge on any atom is 0.326 e. The molecule has 0 bridgehead atoms. The number of amides is 4. The van der Waals surface area contributed by atoms with Gasteiger partial charge in [0.15, 0.2) is 0 Å². The molecule has 8 N–H and O–H groups in total. The van der Waals surface area contributed by atoms with Crippen molar-refractivity contribution in [2.24, 2.45) is 11.7 Å². The number of hydrogen-bond donors (Lipinski definition) is 7. The van der Waals surface area contributed by atoms with E-state index in [1.54, 1.807) is 6.92 Å². The summed E-state index contributed by atoms with van der Waals surface area (Å²) in [5.41, 5.74) is 5.73. The fourth-order valence-corrected chi connectivity index (χ4v) is 3.62. The Hall–Kier alpha value is -3.48. The standard InChI is InChI=1S/C21H33N7O6/c1-3-11(2)17(28-18(30)13-5-4-6-24-13)20(32)26-14(8-16(22)29)19(31)27-15(21(33)34)7-12-9-23-10-25-12/h9-11,13-15,17,24H,3-8H2,1-2H3,(H2,22,29)(H,23,25)(H,26,32)(H,27,31)(H,28,30)(H,33,34). The maximum atomic E-state index is 13.1. The third kappa shape index (κ3) is 7.83. The van der Waals surface area contributed by atoms with Gasteiger partial charge in [-0.05, 0) is 25.3 Å². The van der Waals surface area contributed by atoms with Crippen LogP contribution >= 0.6 is 0 Å². The third-order valence-corrected chi connectivity index (χ3v) is 5.80. The Balaban J connectivity index is 2.12. The zero-order chi connectivity index (χ0) is 25.3. The summed E-state index contributed by atoms with van der Waals surface area (Å²) >= 11 is 0. The van der Waals surface area contributed by atoms with Gasteiger partial charge in [0.2, 0.25) is 23.6 Å². The second-order valence-corrected chi connectivity index (χ2v) is 8.43. The summed E-state index contributed by atoms with van der Waals surface area (Å²) in [6.45, 7) is 4.34. The predicted octanol–water partition coefficient (Wildman–Crippen LogP) is -1.84. The highest BCUT2D eigenvalue weighted by Gasteiger charge is 2.34. The van der Waals surface area contributed by atoms with Crippen LogP contribution in [0.4, 0.5) is 0 Å². The van der Waals surface area contributed by atoms with Gasteiger partial charge in [0.05, 0.1) is 18.8 Å². The molecule has 188 valence electrons. The van der Waals surface area contributed by atoms with Crippen molar-refractivity contribution in [3.05, 3.63) is 18.2 Å². The zero-order valence-electron chi connectivity index (χ0n) is 19.3. The van der Waals surface area contributed by atoms with Crippen LogP contribution in [-0.4, -0.2) is 75.4 Å². The lowest BCUT2D eigenvalue weighted by molar-refractivity contribution is -0.142. The number of carbonyl (C=O) groups excluding carboxylic acids is 4. The molecule has 1 aliphatic rings. The molecular formula is C21H33N7O6. The second-order valence-electron chi connectivity index (χ2n) is 8.43. The van der Waals surface area contributed by atoms with E-state index in [2.05, 4.69) is 31.2 Å². The van der Waals surface area contributed by atoms with Gasteiger partial charge in [-0.2, -0.15) is 0 Å². The summed E-state index contributed by atoms with van der Waals surface area (Å²) in [5.74, 6) is -4.30. The van der Waals surface area contributed by atoms with Gasteiger partial charge < -0.3 is 37.1 Å². The van der Waals surface area contributed by atoms with E-state index in [1.807, 2.05) is 6.92 Å². The van der Waals surface area contributed by atoms with E-state index >= 15 is 0 Å². The second kappa shape index (κ2) is 12.7. The number of aromatic nitrogens is 2. The van der Waals surface area contributed by atoms with Crippen molar-refractivity contribution in [3.8, 4) is 0 Å². The molecule has 0 radical (unpaired) electrons. The quantitative estimate of drug-likeness (QED) is 0.171. The molecule has 1 aromatic rings. The van der Waals surface area contributed by atoms with Gasteiger partial charge in [-0.1, -0.05) is 20.3 Å². The van der Waals surface area contributed by atoms with Crippen molar-refractivity contribution in [2.45, 2.75) is 70.1 Å². The van der Waals surface area contributed by atoms with Gasteiger partial charge in [-0.3, -0.25) is 19.2 Å². The van der Waals surface area contributed by atoms with Crippen LogP contribution in [0, 0.1) is 5.92 Å². The summed E-state index contributed by atoms with van der Waals surface area (Å²) < 4.78 is 0. The average Bonchev–Trinajstić information content (AvgIpc) is 3.49. The predicted molar refractivity (Wildman–Crippen MR) is 120 cm³/mol. The lowest BCUT2D eigenvalue weighted by Gasteiger charge is -2.27. The minimum absolute atomic E-state index is 0.0851. The number of aliphatic carboxylic acids is 1. The number of imidazole rings is 1. The van der Waals surface area contributed by atoms with Gasteiger partial charge in [-0.15, -0.1) is 0 Å². The fraction of sp³-hybridized carbons (Fsp3) is 0.619. The Morgan fingerprint density at radius 3 is 2.41 bits per heavy atom. The van der Waals surface area contributed by atoms with E-state index in [0.29, 0.717) is 25.1 Å². The van der Waals surface area contributed by atoms with E-state index in [0.717, 1.165) is 6.42 Å². The number of aromatic amines is 1. The Morgan fingerprint density at radius 2 is 1.88 bits per heavy atom. The fourth-order valence-electron chi connectivity index (χ4n) is 3.62. The molecule has 1 saturated heterocycles. The number of rotatable bonds is 13. The lowest BCUT2D eigenvalue weighted by Crippen LogP contribution is -2.59. The zero-order valence-corrected chi connectivity index (χ0v) is 19.3. The van der Waals surface area contributed by atoms with Crippen molar-refractivity contribution in [2.75, 3.05) is 6.54 Å². The van der Waals surface area contributed by atoms with Crippen LogP contribution in [0.15, 0.2) is 12.5 Å². The van der Waals surface area contributed by atoms with Crippen LogP contribution < -0.4 is 27.0 Å².